The van der Waals surface area contributed by atoms with Crippen LogP contribution in [0.15, 0.2) is 0 Å². The monoisotopic (exact) mass is 130 g/mol. The molecular weight excluding hydrogens is 116 g/mol. The van der Waals surface area contributed by atoms with Gasteiger partial charge in [0.2, 0.25) is 0 Å². The summed E-state index contributed by atoms with van der Waals surface area (Å²) < 4.78 is 0. The molecule has 1 saturated heterocycles. The van der Waals surface area contributed by atoms with Crippen LogP contribution in [0.5, 0.6) is 0 Å². The Morgan fingerprint density at radius 3 is 2.56 bits per heavy atom. The molecule has 1 fully saturated rings. The fourth-order valence-electron chi connectivity index (χ4n) is 1.31. The molecule has 0 spiro atoms. The molecule has 2 atom stereocenters. The van der Waals surface area contributed by atoms with Crippen molar-refractivity contribution >= 4 is 0 Å². The van der Waals surface area contributed by atoms with Crippen LogP contribution >= 0.6 is 0 Å². The van der Waals surface area contributed by atoms with Gasteiger partial charge < -0.3 is 15.7 Å². The standard InChI is InChI=1S/C6H14N2O/c1-8-2-5(4-9)6(7)3-8/h5-6,9H,2-4,7H2,1H3. The zero-order chi connectivity index (χ0) is 6.85. The van der Waals surface area contributed by atoms with E-state index in [0.29, 0.717) is 5.92 Å². The van der Waals surface area contributed by atoms with E-state index in [1.54, 1.807) is 0 Å². The summed E-state index contributed by atoms with van der Waals surface area (Å²) in [6, 6.07) is 0.181. The normalized spacial score (nSPS) is 37.7. The van der Waals surface area contributed by atoms with E-state index in [1.165, 1.54) is 0 Å². The molecule has 1 rings (SSSR count). The first-order chi connectivity index (χ1) is 4.24. The van der Waals surface area contributed by atoms with Crippen molar-refractivity contribution in [2.75, 3.05) is 26.7 Å². The highest BCUT2D eigenvalue weighted by molar-refractivity contribution is 4.84. The lowest BCUT2D eigenvalue weighted by Crippen LogP contribution is -2.30. The van der Waals surface area contributed by atoms with Crippen molar-refractivity contribution in [3.8, 4) is 0 Å². The molecule has 2 unspecified atom stereocenters. The van der Waals surface area contributed by atoms with Gasteiger partial charge in [-0.25, -0.2) is 0 Å². The second-order valence-electron chi connectivity index (χ2n) is 2.83. The number of aliphatic hydroxyl groups excluding tert-OH is 1. The highest BCUT2D eigenvalue weighted by Crippen LogP contribution is 2.11. The average Bonchev–Trinajstić information content (AvgIpc) is 2.10. The van der Waals surface area contributed by atoms with E-state index in [1.807, 2.05) is 7.05 Å². The highest BCUT2D eigenvalue weighted by atomic mass is 16.3. The largest absolute Gasteiger partial charge is 0.396 e. The summed E-state index contributed by atoms with van der Waals surface area (Å²) in [5.74, 6) is 0.301. The number of nitrogens with zero attached hydrogens (tertiary/aromatic N) is 1. The van der Waals surface area contributed by atoms with Crippen LogP contribution in [-0.4, -0.2) is 42.8 Å². The molecule has 1 heterocycles. The number of likely N-dealkylation sites (N-methyl/N-ethyl adjacent to an activating group) is 1. The Morgan fingerprint density at radius 1 is 1.67 bits per heavy atom. The van der Waals surface area contributed by atoms with Crippen molar-refractivity contribution in [1.82, 2.24) is 4.90 Å². The Hall–Kier alpha value is -0.120. The van der Waals surface area contributed by atoms with Crippen LogP contribution in [0.4, 0.5) is 0 Å². The summed E-state index contributed by atoms with van der Waals surface area (Å²) in [5.41, 5.74) is 5.68. The Kier molecular flexibility index (Phi) is 2.05. The van der Waals surface area contributed by atoms with Crippen molar-refractivity contribution in [3.63, 3.8) is 0 Å². The Bertz CT molecular complexity index is 97.1. The number of hydrogen-bond acceptors (Lipinski definition) is 3. The van der Waals surface area contributed by atoms with Gasteiger partial charge in [-0.1, -0.05) is 0 Å². The molecule has 0 aliphatic carbocycles. The molecule has 1 aliphatic heterocycles. The zero-order valence-corrected chi connectivity index (χ0v) is 5.75. The molecule has 9 heavy (non-hydrogen) atoms. The van der Waals surface area contributed by atoms with Crippen LogP contribution in [0.2, 0.25) is 0 Å². The van der Waals surface area contributed by atoms with Crippen LogP contribution < -0.4 is 5.73 Å². The van der Waals surface area contributed by atoms with Gasteiger partial charge >= 0.3 is 0 Å². The lowest BCUT2D eigenvalue weighted by molar-refractivity contribution is 0.220. The van der Waals surface area contributed by atoms with Gasteiger partial charge in [0.15, 0.2) is 0 Å². The highest BCUT2D eigenvalue weighted by Gasteiger charge is 2.26. The molecule has 3 heteroatoms. The molecule has 1 aliphatic rings. The Balaban J connectivity index is 2.38. The molecular formula is C6H14N2O. The van der Waals surface area contributed by atoms with Gasteiger partial charge in [0, 0.05) is 31.7 Å². The summed E-state index contributed by atoms with van der Waals surface area (Å²) in [7, 11) is 2.02. The number of nitrogens with two attached hydrogens (primary N) is 1. The maximum absolute atomic E-state index is 8.75. The van der Waals surface area contributed by atoms with Crippen molar-refractivity contribution in [2.45, 2.75) is 6.04 Å². The lowest BCUT2D eigenvalue weighted by atomic mass is 10.1. The van der Waals surface area contributed by atoms with Gasteiger partial charge in [0.25, 0.3) is 0 Å². The summed E-state index contributed by atoms with van der Waals surface area (Å²) >= 11 is 0. The minimum Gasteiger partial charge on any atom is -0.396 e. The van der Waals surface area contributed by atoms with E-state index < -0.39 is 0 Å². The first kappa shape index (κ1) is 6.99. The van der Waals surface area contributed by atoms with E-state index >= 15 is 0 Å². The zero-order valence-electron chi connectivity index (χ0n) is 5.75. The van der Waals surface area contributed by atoms with Crippen molar-refractivity contribution in [3.05, 3.63) is 0 Å². The number of rotatable bonds is 1. The van der Waals surface area contributed by atoms with Gasteiger partial charge in [-0.3, -0.25) is 0 Å². The molecule has 54 valence electrons. The van der Waals surface area contributed by atoms with Gasteiger partial charge in [-0.2, -0.15) is 0 Å². The predicted octanol–water partition coefficient (Wildman–Crippen LogP) is -1.13. The van der Waals surface area contributed by atoms with Crippen molar-refractivity contribution < 1.29 is 5.11 Å². The van der Waals surface area contributed by atoms with E-state index in [-0.39, 0.29) is 12.6 Å². The molecule has 0 radical (unpaired) electrons. The number of aliphatic hydroxyl groups is 1. The number of hydrogen-bond donors (Lipinski definition) is 2. The first-order valence-electron chi connectivity index (χ1n) is 3.29. The second kappa shape index (κ2) is 2.64. The predicted molar refractivity (Wildman–Crippen MR) is 36.0 cm³/mol. The number of likely N-dealkylation sites (tertiary alicyclic amines) is 1. The van der Waals surface area contributed by atoms with E-state index in [2.05, 4.69) is 4.90 Å². The summed E-state index contributed by atoms with van der Waals surface area (Å²) in [6.07, 6.45) is 0. The topological polar surface area (TPSA) is 49.5 Å². The van der Waals surface area contributed by atoms with Gasteiger partial charge in [-0.05, 0) is 7.05 Å². The van der Waals surface area contributed by atoms with Crippen LogP contribution in [0.3, 0.4) is 0 Å². The molecule has 0 saturated carbocycles. The molecule has 3 nitrogen and oxygen atoms in total. The third-order valence-corrected chi connectivity index (χ3v) is 1.91. The van der Waals surface area contributed by atoms with Crippen LogP contribution in [0, 0.1) is 5.92 Å². The molecule has 3 N–H and O–H groups in total. The van der Waals surface area contributed by atoms with Crippen molar-refractivity contribution in [1.29, 1.82) is 0 Å². The Labute approximate surface area is 55.5 Å². The summed E-state index contributed by atoms with van der Waals surface area (Å²) in [6.45, 7) is 2.09. The third-order valence-electron chi connectivity index (χ3n) is 1.91. The lowest BCUT2D eigenvalue weighted by Gasteiger charge is -2.08. The quantitative estimate of drug-likeness (QED) is 0.472. The third kappa shape index (κ3) is 1.41. The van der Waals surface area contributed by atoms with Crippen LogP contribution in [0.25, 0.3) is 0 Å². The molecule has 0 bridgehead atoms. The van der Waals surface area contributed by atoms with Crippen LogP contribution in [0.1, 0.15) is 0 Å². The minimum absolute atomic E-state index is 0.181. The summed E-state index contributed by atoms with van der Waals surface area (Å²) in [4.78, 5) is 2.14. The molecule has 0 amide bonds. The van der Waals surface area contributed by atoms with Gasteiger partial charge in [0.1, 0.15) is 0 Å². The smallest absolute Gasteiger partial charge is 0.0486 e. The van der Waals surface area contributed by atoms with E-state index in [9.17, 15) is 0 Å². The SMILES string of the molecule is CN1CC(N)C(CO)C1. The van der Waals surface area contributed by atoms with Crippen molar-refractivity contribution in [2.24, 2.45) is 11.7 Å². The van der Waals surface area contributed by atoms with E-state index in [4.69, 9.17) is 10.8 Å². The van der Waals surface area contributed by atoms with Gasteiger partial charge in [-0.15, -0.1) is 0 Å². The maximum atomic E-state index is 8.75. The van der Waals surface area contributed by atoms with E-state index in [0.717, 1.165) is 13.1 Å². The maximum Gasteiger partial charge on any atom is 0.0486 e. The summed E-state index contributed by atoms with van der Waals surface area (Å²) in [5, 5.41) is 8.75. The van der Waals surface area contributed by atoms with Gasteiger partial charge in [0.05, 0.1) is 0 Å². The second-order valence-corrected chi connectivity index (χ2v) is 2.83. The molecule has 0 aromatic rings. The van der Waals surface area contributed by atoms with Crippen LogP contribution in [-0.2, 0) is 0 Å². The molecule has 0 aromatic carbocycles. The minimum atomic E-state index is 0.181. The molecule has 0 aromatic heterocycles. The fraction of sp³-hybridized carbons (Fsp3) is 1.00. The Morgan fingerprint density at radius 2 is 2.33 bits per heavy atom. The average molecular weight is 130 g/mol. The first-order valence-corrected chi connectivity index (χ1v) is 3.29. The fourth-order valence-corrected chi connectivity index (χ4v) is 1.31.